The van der Waals surface area contributed by atoms with Crippen molar-refractivity contribution in [3.63, 3.8) is 0 Å². The number of nitrogens with one attached hydrogen (secondary N) is 1. The number of benzene rings is 1. The molecule has 0 fully saturated rings. The van der Waals surface area contributed by atoms with E-state index in [1.807, 2.05) is 30.5 Å². The number of H-pyrrole nitrogens is 1. The summed E-state index contributed by atoms with van der Waals surface area (Å²) in [6.45, 7) is 0.408. The van der Waals surface area contributed by atoms with Crippen LogP contribution in [0.15, 0.2) is 35.6 Å². The van der Waals surface area contributed by atoms with Gasteiger partial charge in [-0.15, -0.1) is 0 Å². The van der Waals surface area contributed by atoms with Gasteiger partial charge in [0.25, 0.3) is 0 Å². The van der Waals surface area contributed by atoms with Crippen molar-refractivity contribution in [2.24, 2.45) is 5.11 Å². The van der Waals surface area contributed by atoms with Crippen LogP contribution in [-0.2, 0) is 6.54 Å². The first-order valence-corrected chi connectivity index (χ1v) is 3.97. The molecule has 4 heteroatoms. The number of aromatic amines is 1. The SMILES string of the molecule is [N-]=[N+]=NCc1ccc2cc[nH]c2c1. The van der Waals surface area contributed by atoms with Gasteiger partial charge < -0.3 is 4.98 Å². The zero-order valence-electron chi connectivity index (χ0n) is 6.94. The van der Waals surface area contributed by atoms with Crippen LogP contribution in [0, 0.1) is 0 Å². The van der Waals surface area contributed by atoms with E-state index in [0.29, 0.717) is 6.54 Å². The van der Waals surface area contributed by atoms with Crippen molar-refractivity contribution in [2.75, 3.05) is 0 Å². The Balaban J connectivity index is 2.42. The van der Waals surface area contributed by atoms with E-state index in [9.17, 15) is 0 Å². The minimum absolute atomic E-state index is 0.408. The first kappa shape index (κ1) is 7.71. The molecule has 1 aromatic carbocycles. The molecule has 0 spiro atoms. The largest absolute Gasteiger partial charge is 0.361 e. The van der Waals surface area contributed by atoms with Gasteiger partial charge in [0.2, 0.25) is 0 Å². The Morgan fingerprint density at radius 3 is 3.15 bits per heavy atom. The average molecular weight is 172 g/mol. The molecule has 2 aromatic rings. The number of hydrogen-bond acceptors (Lipinski definition) is 1. The fourth-order valence-electron chi connectivity index (χ4n) is 1.31. The fraction of sp³-hybridized carbons (Fsp3) is 0.111. The molecular weight excluding hydrogens is 164 g/mol. The Morgan fingerprint density at radius 2 is 2.31 bits per heavy atom. The van der Waals surface area contributed by atoms with Crippen molar-refractivity contribution in [1.29, 1.82) is 0 Å². The molecule has 0 bridgehead atoms. The third-order valence-corrected chi connectivity index (χ3v) is 1.94. The quantitative estimate of drug-likeness (QED) is 0.411. The maximum absolute atomic E-state index is 8.15. The molecule has 0 amide bonds. The lowest BCUT2D eigenvalue weighted by Crippen LogP contribution is -1.79. The van der Waals surface area contributed by atoms with Crippen LogP contribution < -0.4 is 0 Å². The Kier molecular flexibility index (Phi) is 1.90. The van der Waals surface area contributed by atoms with Crippen molar-refractivity contribution in [3.05, 3.63) is 46.5 Å². The van der Waals surface area contributed by atoms with Gasteiger partial charge in [0.15, 0.2) is 0 Å². The van der Waals surface area contributed by atoms with Crippen molar-refractivity contribution < 1.29 is 0 Å². The van der Waals surface area contributed by atoms with Crippen LogP contribution in [0.3, 0.4) is 0 Å². The van der Waals surface area contributed by atoms with Crippen LogP contribution in [0.2, 0.25) is 0 Å². The maximum atomic E-state index is 8.15. The van der Waals surface area contributed by atoms with Crippen molar-refractivity contribution in [2.45, 2.75) is 6.54 Å². The van der Waals surface area contributed by atoms with Crippen LogP contribution in [0.4, 0.5) is 0 Å². The fourth-order valence-corrected chi connectivity index (χ4v) is 1.31. The lowest BCUT2D eigenvalue weighted by atomic mass is 10.2. The Hall–Kier alpha value is -1.93. The lowest BCUT2D eigenvalue weighted by molar-refractivity contribution is 1.05. The van der Waals surface area contributed by atoms with E-state index in [-0.39, 0.29) is 0 Å². The summed E-state index contributed by atoms with van der Waals surface area (Å²) in [4.78, 5) is 5.82. The van der Waals surface area contributed by atoms with Gasteiger partial charge in [-0.1, -0.05) is 17.2 Å². The van der Waals surface area contributed by atoms with Gasteiger partial charge in [0.1, 0.15) is 0 Å². The first-order chi connectivity index (χ1) is 6.40. The zero-order valence-corrected chi connectivity index (χ0v) is 6.94. The van der Waals surface area contributed by atoms with Crippen LogP contribution in [0.1, 0.15) is 5.56 Å². The summed E-state index contributed by atoms with van der Waals surface area (Å²) in [5.41, 5.74) is 10.2. The van der Waals surface area contributed by atoms with Gasteiger partial charge in [-0.2, -0.15) is 0 Å². The summed E-state index contributed by atoms with van der Waals surface area (Å²) in [5.74, 6) is 0. The number of aromatic nitrogens is 1. The van der Waals surface area contributed by atoms with E-state index in [1.54, 1.807) is 0 Å². The minimum atomic E-state index is 0.408. The molecule has 0 unspecified atom stereocenters. The van der Waals surface area contributed by atoms with Crippen molar-refractivity contribution in [3.8, 4) is 0 Å². The predicted octanol–water partition coefficient (Wildman–Crippen LogP) is 2.98. The molecule has 0 atom stereocenters. The highest BCUT2D eigenvalue weighted by Crippen LogP contribution is 2.14. The third-order valence-electron chi connectivity index (χ3n) is 1.94. The van der Waals surface area contributed by atoms with Crippen molar-refractivity contribution >= 4 is 10.9 Å². The zero-order chi connectivity index (χ0) is 9.10. The number of nitrogens with zero attached hydrogens (tertiary/aromatic N) is 3. The number of azide groups is 1. The van der Waals surface area contributed by atoms with Gasteiger partial charge >= 0.3 is 0 Å². The smallest absolute Gasteiger partial charge is 0.0511 e. The first-order valence-electron chi connectivity index (χ1n) is 3.97. The molecular formula is C9H8N4. The molecule has 1 N–H and O–H groups in total. The van der Waals surface area contributed by atoms with E-state index >= 15 is 0 Å². The number of rotatable bonds is 2. The topological polar surface area (TPSA) is 64.6 Å². The third kappa shape index (κ3) is 1.48. The molecule has 13 heavy (non-hydrogen) atoms. The average Bonchev–Trinajstić information content (AvgIpc) is 2.61. The van der Waals surface area contributed by atoms with Crippen LogP contribution in [-0.4, -0.2) is 4.98 Å². The standard InChI is InChI=1S/C9H8N4/c10-13-12-6-7-1-2-8-3-4-11-9(8)5-7/h1-5,11H,6H2. The van der Waals surface area contributed by atoms with E-state index in [0.717, 1.165) is 11.1 Å². The molecule has 64 valence electrons. The number of hydrogen-bond donors (Lipinski definition) is 1. The Morgan fingerprint density at radius 1 is 1.38 bits per heavy atom. The molecule has 0 saturated heterocycles. The molecule has 2 rings (SSSR count). The molecule has 4 nitrogen and oxygen atoms in total. The molecule has 0 saturated carbocycles. The van der Waals surface area contributed by atoms with Gasteiger partial charge in [-0.05, 0) is 28.6 Å². The molecule has 0 aliphatic rings. The second-order valence-electron chi connectivity index (χ2n) is 2.79. The minimum Gasteiger partial charge on any atom is -0.361 e. The summed E-state index contributed by atoms with van der Waals surface area (Å²) in [6, 6.07) is 7.97. The predicted molar refractivity (Wildman–Crippen MR) is 51.1 cm³/mol. The molecule has 1 heterocycles. The highest BCUT2D eigenvalue weighted by molar-refractivity contribution is 5.79. The second kappa shape index (κ2) is 3.21. The van der Waals surface area contributed by atoms with Gasteiger partial charge in [0.05, 0.1) is 6.54 Å². The van der Waals surface area contributed by atoms with Crippen LogP contribution >= 0.6 is 0 Å². The van der Waals surface area contributed by atoms with Gasteiger partial charge in [-0.25, -0.2) is 0 Å². The summed E-state index contributed by atoms with van der Waals surface area (Å²) in [6.07, 6.45) is 1.89. The summed E-state index contributed by atoms with van der Waals surface area (Å²) in [7, 11) is 0. The van der Waals surface area contributed by atoms with E-state index < -0.39 is 0 Å². The second-order valence-corrected chi connectivity index (χ2v) is 2.79. The normalized spacial score (nSPS) is 9.85. The van der Waals surface area contributed by atoms with E-state index in [1.165, 1.54) is 5.39 Å². The van der Waals surface area contributed by atoms with Crippen LogP contribution in [0.25, 0.3) is 21.3 Å². The monoisotopic (exact) mass is 172 g/mol. The Bertz CT molecular complexity index is 465. The van der Waals surface area contributed by atoms with Crippen LogP contribution in [0.5, 0.6) is 0 Å². The van der Waals surface area contributed by atoms with Gasteiger partial charge in [0, 0.05) is 16.6 Å². The lowest BCUT2D eigenvalue weighted by Gasteiger charge is -1.95. The molecule has 1 aromatic heterocycles. The highest BCUT2D eigenvalue weighted by Gasteiger charge is 1.95. The number of fused-ring (bicyclic) bond motifs is 1. The molecule has 0 radical (unpaired) electrons. The Labute approximate surface area is 74.8 Å². The van der Waals surface area contributed by atoms with Crippen molar-refractivity contribution in [1.82, 2.24) is 4.98 Å². The maximum Gasteiger partial charge on any atom is 0.0511 e. The highest BCUT2D eigenvalue weighted by atomic mass is 15.1. The van der Waals surface area contributed by atoms with E-state index in [2.05, 4.69) is 15.0 Å². The molecule has 0 aliphatic heterocycles. The summed E-state index contributed by atoms with van der Waals surface area (Å²) in [5, 5.41) is 4.67. The van der Waals surface area contributed by atoms with E-state index in [4.69, 9.17) is 5.53 Å². The molecule has 0 aliphatic carbocycles. The summed E-state index contributed by atoms with van der Waals surface area (Å²) >= 11 is 0. The van der Waals surface area contributed by atoms with Gasteiger partial charge in [-0.3, -0.25) is 0 Å². The summed E-state index contributed by atoms with van der Waals surface area (Å²) < 4.78 is 0.